The van der Waals surface area contributed by atoms with E-state index in [1.165, 1.54) is 96.3 Å². The van der Waals surface area contributed by atoms with Crippen molar-refractivity contribution in [2.24, 2.45) is 59.2 Å². The molecule has 0 aromatic carbocycles. The van der Waals surface area contributed by atoms with E-state index in [1.54, 1.807) is 44.9 Å². The van der Waals surface area contributed by atoms with Gasteiger partial charge < -0.3 is 0 Å². The Morgan fingerprint density at radius 3 is 0.929 bits per heavy atom. The molecule has 0 N–H and O–H groups in total. The summed E-state index contributed by atoms with van der Waals surface area (Å²) in [5.41, 5.74) is 0. The van der Waals surface area contributed by atoms with E-state index >= 15 is 0 Å². The summed E-state index contributed by atoms with van der Waals surface area (Å²) in [4.78, 5) is 0. The summed E-state index contributed by atoms with van der Waals surface area (Å²) in [6.07, 6.45) is 33.3. The molecular weight excluding hydrogens is 504 g/mol. The number of hydrogen-bond acceptors (Lipinski definition) is 0. The normalized spacial score (nSPS) is 37.7. The first-order chi connectivity index (χ1) is 20.3. The molecule has 0 aliphatic heterocycles. The van der Waals surface area contributed by atoms with Crippen molar-refractivity contribution in [2.45, 2.75) is 210 Å². The molecule has 0 bridgehead atoms. The molecule has 9 atom stereocenters. The first-order valence-electron chi connectivity index (χ1n) is 20.3. The maximum atomic E-state index is 2.53. The van der Waals surface area contributed by atoms with Crippen LogP contribution in [0.2, 0.25) is 0 Å². The Balaban J connectivity index is 0.000000335. The van der Waals surface area contributed by atoms with E-state index in [-0.39, 0.29) is 0 Å². The summed E-state index contributed by atoms with van der Waals surface area (Å²) < 4.78 is 0. The van der Waals surface area contributed by atoms with Crippen molar-refractivity contribution in [3.8, 4) is 0 Å². The van der Waals surface area contributed by atoms with E-state index in [1.807, 2.05) is 27.7 Å². The van der Waals surface area contributed by atoms with Crippen molar-refractivity contribution >= 4 is 0 Å². The Kier molecular flexibility index (Phi) is 23.1. The highest BCUT2D eigenvalue weighted by atomic mass is 14.4. The summed E-state index contributed by atoms with van der Waals surface area (Å²) in [6, 6.07) is 0. The molecule has 0 radical (unpaired) electrons. The Bertz CT molecular complexity index is 547. The highest BCUT2D eigenvalue weighted by Crippen LogP contribution is 2.47. The van der Waals surface area contributed by atoms with Crippen LogP contribution in [-0.2, 0) is 0 Å². The monoisotopic (exact) mass is 589 g/mol. The van der Waals surface area contributed by atoms with Gasteiger partial charge in [0, 0.05) is 0 Å². The third-order valence-corrected chi connectivity index (χ3v) is 12.2. The van der Waals surface area contributed by atoms with Crippen molar-refractivity contribution in [1.29, 1.82) is 0 Å². The molecule has 0 nitrogen and oxygen atoms in total. The molecule has 0 spiro atoms. The summed E-state index contributed by atoms with van der Waals surface area (Å²) in [5.74, 6) is 10.5. The van der Waals surface area contributed by atoms with Crippen LogP contribution in [0.15, 0.2) is 0 Å². The van der Waals surface area contributed by atoms with E-state index in [0.29, 0.717) is 0 Å². The molecule has 0 saturated heterocycles. The Hall–Kier alpha value is 0. The van der Waals surface area contributed by atoms with Crippen molar-refractivity contribution in [3.63, 3.8) is 0 Å². The van der Waals surface area contributed by atoms with Gasteiger partial charge in [-0.2, -0.15) is 0 Å². The largest absolute Gasteiger partial charge is 0.0683 e. The van der Waals surface area contributed by atoms with Crippen LogP contribution in [0.3, 0.4) is 0 Å². The molecule has 5 saturated carbocycles. The average molecular weight is 589 g/mol. The van der Waals surface area contributed by atoms with Crippen LogP contribution in [0, 0.1) is 59.2 Å². The molecule has 252 valence electrons. The van der Waals surface area contributed by atoms with E-state index in [2.05, 4.69) is 41.5 Å². The zero-order chi connectivity index (χ0) is 31.3. The standard InChI is InChI=1S/C20H36.2C9H18.2C2H6/c1-15-5-3-6-18(11-9-15)19-12-10-16(2)13-20(14-19)17-7-4-8-17;2*1-8-4-3-5-9(2)7-6-8;2*1-2/h15-20H,3-14H2,1-2H3;2*8-9H,3-7H2,1-2H3;2*1-2H3. The van der Waals surface area contributed by atoms with Crippen molar-refractivity contribution in [1.82, 2.24) is 0 Å². The average Bonchev–Trinajstić information content (AvgIpc) is 3.45. The smallest absolute Gasteiger partial charge is 0.0381 e. The fourth-order valence-electron chi connectivity index (χ4n) is 8.79. The van der Waals surface area contributed by atoms with Gasteiger partial charge in [0.05, 0.1) is 0 Å². The molecular formula is C42H84. The Labute approximate surface area is 269 Å². The predicted octanol–water partition coefficient (Wildman–Crippen LogP) is 14.9. The highest BCUT2D eigenvalue weighted by Gasteiger charge is 2.35. The molecule has 0 heteroatoms. The number of hydrogen-bond donors (Lipinski definition) is 0. The molecule has 42 heavy (non-hydrogen) atoms. The zero-order valence-corrected chi connectivity index (χ0v) is 31.3. The molecule has 5 aliphatic carbocycles. The van der Waals surface area contributed by atoms with E-state index in [0.717, 1.165) is 59.2 Å². The van der Waals surface area contributed by atoms with Crippen LogP contribution in [0.25, 0.3) is 0 Å². The van der Waals surface area contributed by atoms with Gasteiger partial charge in [0.2, 0.25) is 0 Å². The van der Waals surface area contributed by atoms with Gasteiger partial charge in [-0.15, -0.1) is 0 Å². The van der Waals surface area contributed by atoms with E-state index in [4.69, 9.17) is 0 Å². The fourth-order valence-corrected chi connectivity index (χ4v) is 8.79. The molecule has 5 rings (SSSR count). The molecule has 0 amide bonds. The minimum Gasteiger partial charge on any atom is -0.0683 e. The van der Waals surface area contributed by atoms with Crippen LogP contribution in [0.4, 0.5) is 0 Å². The van der Waals surface area contributed by atoms with Crippen LogP contribution in [0.1, 0.15) is 210 Å². The fraction of sp³-hybridized carbons (Fsp3) is 1.00. The van der Waals surface area contributed by atoms with Gasteiger partial charge in [-0.25, -0.2) is 0 Å². The predicted molar refractivity (Wildman–Crippen MR) is 193 cm³/mol. The molecule has 5 aliphatic rings. The second kappa shape index (κ2) is 24.3. The van der Waals surface area contributed by atoms with E-state index in [9.17, 15) is 0 Å². The molecule has 0 aromatic rings. The lowest BCUT2D eigenvalue weighted by molar-refractivity contribution is 0.144. The van der Waals surface area contributed by atoms with Gasteiger partial charge >= 0.3 is 0 Å². The lowest BCUT2D eigenvalue weighted by Crippen LogP contribution is -2.26. The molecule has 0 heterocycles. The first-order valence-corrected chi connectivity index (χ1v) is 20.3. The zero-order valence-electron chi connectivity index (χ0n) is 31.3. The second-order valence-electron chi connectivity index (χ2n) is 16.2. The SMILES string of the molecule is CC.CC.CC1CCCC(C)CC1.CC1CCCC(C)CC1.CC1CCCC(C2CCC(C)CC(C3CCC3)C2)CC1. The van der Waals surface area contributed by atoms with Gasteiger partial charge in [-0.3, -0.25) is 0 Å². The summed E-state index contributed by atoms with van der Waals surface area (Å²) in [7, 11) is 0. The Morgan fingerprint density at radius 1 is 0.238 bits per heavy atom. The van der Waals surface area contributed by atoms with E-state index < -0.39 is 0 Å². The van der Waals surface area contributed by atoms with Crippen LogP contribution >= 0.6 is 0 Å². The van der Waals surface area contributed by atoms with Gasteiger partial charge in [0.1, 0.15) is 0 Å². The minimum absolute atomic E-state index is 1.01. The third kappa shape index (κ3) is 16.9. The third-order valence-electron chi connectivity index (χ3n) is 12.2. The summed E-state index contributed by atoms with van der Waals surface area (Å²) >= 11 is 0. The topological polar surface area (TPSA) is 0 Å². The Morgan fingerprint density at radius 2 is 0.524 bits per heavy atom. The number of rotatable bonds is 2. The molecule has 5 fully saturated rings. The van der Waals surface area contributed by atoms with Gasteiger partial charge in [0.15, 0.2) is 0 Å². The van der Waals surface area contributed by atoms with Gasteiger partial charge in [-0.1, -0.05) is 185 Å². The second-order valence-corrected chi connectivity index (χ2v) is 16.2. The lowest BCUT2D eigenvalue weighted by atomic mass is 9.69. The highest BCUT2D eigenvalue weighted by molar-refractivity contribution is 4.86. The van der Waals surface area contributed by atoms with Crippen LogP contribution < -0.4 is 0 Å². The van der Waals surface area contributed by atoms with Crippen molar-refractivity contribution < 1.29 is 0 Å². The quantitative estimate of drug-likeness (QED) is 0.281. The first kappa shape index (κ1) is 40.0. The maximum Gasteiger partial charge on any atom is -0.0381 e. The van der Waals surface area contributed by atoms with Crippen LogP contribution in [-0.4, -0.2) is 0 Å². The summed E-state index contributed by atoms with van der Waals surface area (Å²) in [5, 5.41) is 0. The van der Waals surface area contributed by atoms with Gasteiger partial charge in [-0.05, 0) is 84.9 Å². The van der Waals surface area contributed by atoms with Crippen LogP contribution in [0.5, 0.6) is 0 Å². The maximum absolute atomic E-state index is 2.53. The van der Waals surface area contributed by atoms with Crippen molar-refractivity contribution in [3.05, 3.63) is 0 Å². The van der Waals surface area contributed by atoms with Gasteiger partial charge in [0.25, 0.3) is 0 Å². The minimum atomic E-state index is 1.01. The molecule has 0 aromatic heterocycles. The summed E-state index contributed by atoms with van der Waals surface area (Å²) in [6.45, 7) is 22.6. The van der Waals surface area contributed by atoms with Crippen molar-refractivity contribution in [2.75, 3.05) is 0 Å². The lowest BCUT2D eigenvalue weighted by Gasteiger charge is -2.37. The molecule has 9 unspecified atom stereocenters.